The van der Waals surface area contributed by atoms with Gasteiger partial charge in [0.2, 0.25) is 5.82 Å². The van der Waals surface area contributed by atoms with Gasteiger partial charge in [0.1, 0.15) is 17.5 Å². The summed E-state index contributed by atoms with van der Waals surface area (Å²) in [5, 5.41) is 7.70. The van der Waals surface area contributed by atoms with Crippen molar-refractivity contribution in [1.82, 2.24) is 15.5 Å². The van der Waals surface area contributed by atoms with E-state index in [1.54, 1.807) is 41.3 Å². The molecule has 2 heterocycles. The maximum Gasteiger partial charge on any atom is 0.258 e. The van der Waals surface area contributed by atoms with Crippen molar-refractivity contribution in [2.75, 3.05) is 4.90 Å². The molecule has 34 heavy (non-hydrogen) atoms. The molecule has 9 heteroatoms. The summed E-state index contributed by atoms with van der Waals surface area (Å²) in [4.78, 5) is 6.28. The molecule has 1 unspecified atom stereocenters. The largest absolute Gasteiger partial charge is 0.351 e. The van der Waals surface area contributed by atoms with E-state index in [-0.39, 0.29) is 29.2 Å². The molecule has 5 rings (SSSR count). The SMILES string of the molecule is CC1=C(c2nc(-c3ccc(F)cc3)no2)C(c2ccc(F)cc2)NC(=S)N1c1ccc(F)cc1. The van der Waals surface area contributed by atoms with Crippen molar-refractivity contribution in [1.29, 1.82) is 0 Å². The number of hydrogen-bond donors (Lipinski definition) is 1. The Morgan fingerprint density at radius 3 is 2.03 bits per heavy atom. The first-order valence-corrected chi connectivity index (χ1v) is 10.7. The van der Waals surface area contributed by atoms with Gasteiger partial charge in [-0.3, -0.25) is 4.90 Å². The van der Waals surface area contributed by atoms with Crippen LogP contribution in [0.15, 0.2) is 83.0 Å². The second kappa shape index (κ2) is 8.75. The zero-order chi connectivity index (χ0) is 23.8. The van der Waals surface area contributed by atoms with E-state index in [4.69, 9.17) is 16.7 Å². The highest BCUT2D eigenvalue weighted by Gasteiger charge is 2.34. The monoisotopic (exact) mass is 478 g/mol. The molecule has 1 aromatic heterocycles. The zero-order valence-electron chi connectivity index (χ0n) is 17.8. The van der Waals surface area contributed by atoms with Gasteiger partial charge in [0.25, 0.3) is 5.89 Å². The van der Waals surface area contributed by atoms with Gasteiger partial charge in [0.05, 0.1) is 11.6 Å². The Balaban J connectivity index is 1.64. The molecule has 0 bridgehead atoms. The molecule has 1 aliphatic rings. The van der Waals surface area contributed by atoms with Gasteiger partial charge >= 0.3 is 0 Å². The van der Waals surface area contributed by atoms with Crippen LogP contribution >= 0.6 is 12.2 Å². The van der Waals surface area contributed by atoms with Crippen molar-refractivity contribution < 1.29 is 17.7 Å². The summed E-state index contributed by atoms with van der Waals surface area (Å²) in [7, 11) is 0. The van der Waals surface area contributed by atoms with E-state index in [9.17, 15) is 13.2 Å². The molecule has 0 fully saturated rings. The van der Waals surface area contributed by atoms with E-state index in [1.165, 1.54) is 36.4 Å². The predicted octanol–water partition coefficient (Wildman–Crippen LogP) is 6.02. The van der Waals surface area contributed by atoms with Crippen LogP contribution in [-0.2, 0) is 0 Å². The number of aromatic nitrogens is 2. The van der Waals surface area contributed by atoms with E-state index in [1.807, 2.05) is 6.92 Å². The molecular formula is C25H17F3N4OS. The van der Waals surface area contributed by atoms with E-state index >= 15 is 0 Å². The van der Waals surface area contributed by atoms with Crippen molar-refractivity contribution in [2.24, 2.45) is 0 Å². The van der Waals surface area contributed by atoms with Crippen LogP contribution in [0.1, 0.15) is 24.4 Å². The fourth-order valence-corrected chi connectivity index (χ4v) is 4.24. The lowest BCUT2D eigenvalue weighted by Gasteiger charge is -2.37. The topological polar surface area (TPSA) is 54.2 Å². The molecule has 0 aliphatic carbocycles. The lowest BCUT2D eigenvalue weighted by Crippen LogP contribution is -2.46. The summed E-state index contributed by atoms with van der Waals surface area (Å²) in [6.45, 7) is 1.84. The van der Waals surface area contributed by atoms with E-state index < -0.39 is 6.04 Å². The van der Waals surface area contributed by atoms with Crippen LogP contribution in [0.25, 0.3) is 17.0 Å². The Hall–Kier alpha value is -3.98. The smallest absolute Gasteiger partial charge is 0.258 e. The molecule has 1 aliphatic heterocycles. The number of anilines is 1. The first-order chi connectivity index (χ1) is 16.4. The van der Waals surface area contributed by atoms with Gasteiger partial charge in [-0.25, -0.2) is 13.2 Å². The molecule has 0 saturated carbocycles. The van der Waals surface area contributed by atoms with Gasteiger partial charge in [0.15, 0.2) is 5.11 Å². The summed E-state index contributed by atoms with van der Waals surface area (Å²) in [5.41, 5.74) is 3.26. The molecule has 170 valence electrons. The lowest BCUT2D eigenvalue weighted by atomic mass is 9.94. The summed E-state index contributed by atoms with van der Waals surface area (Å²) in [6.07, 6.45) is 0. The Labute approximate surface area is 198 Å². The molecule has 4 aromatic rings. The maximum absolute atomic E-state index is 13.6. The number of thiocarbonyl (C=S) groups is 1. The van der Waals surface area contributed by atoms with Crippen molar-refractivity contribution in [2.45, 2.75) is 13.0 Å². The molecule has 0 radical (unpaired) electrons. The van der Waals surface area contributed by atoms with Crippen LogP contribution in [0.2, 0.25) is 0 Å². The highest BCUT2D eigenvalue weighted by Crippen LogP contribution is 2.39. The number of allylic oxidation sites excluding steroid dienone is 1. The van der Waals surface area contributed by atoms with Gasteiger partial charge in [-0.1, -0.05) is 17.3 Å². The van der Waals surface area contributed by atoms with Crippen LogP contribution in [0.4, 0.5) is 18.9 Å². The quantitative estimate of drug-likeness (QED) is 0.362. The molecule has 5 nitrogen and oxygen atoms in total. The van der Waals surface area contributed by atoms with Crippen LogP contribution in [0.5, 0.6) is 0 Å². The second-order valence-corrected chi connectivity index (χ2v) is 8.06. The third-order valence-corrected chi connectivity index (χ3v) is 5.83. The first kappa shape index (κ1) is 21.8. The number of nitrogens with one attached hydrogen (secondary N) is 1. The standard InChI is InChI=1S/C25H17F3N4OS/c1-14-21(24-30-23(31-33-24)16-4-8-18(27)9-5-16)22(15-2-6-17(26)7-3-15)29-25(34)32(14)20-12-10-19(28)11-13-20/h2-13,22H,1H3,(H,29,34). The number of halogens is 3. The summed E-state index contributed by atoms with van der Waals surface area (Å²) < 4.78 is 46.1. The lowest BCUT2D eigenvalue weighted by molar-refractivity contribution is 0.404. The molecule has 0 spiro atoms. The third-order valence-electron chi connectivity index (χ3n) is 5.53. The van der Waals surface area contributed by atoms with Gasteiger partial charge in [-0.15, -0.1) is 0 Å². The van der Waals surface area contributed by atoms with Crippen molar-refractivity contribution in [3.63, 3.8) is 0 Å². The van der Waals surface area contributed by atoms with E-state index in [0.29, 0.717) is 27.6 Å². The third kappa shape index (κ3) is 4.06. The Kier molecular flexibility index (Phi) is 5.62. The summed E-state index contributed by atoms with van der Waals surface area (Å²) in [5.74, 6) is -0.606. The molecule has 1 N–H and O–H groups in total. The molecule has 0 amide bonds. The van der Waals surface area contributed by atoms with Crippen molar-refractivity contribution in [3.8, 4) is 11.4 Å². The molecular weight excluding hydrogens is 461 g/mol. The van der Waals surface area contributed by atoms with Crippen molar-refractivity contribution in [3.05, 3.63) is 107 Å². The second-order valence-electron chi connectivity index (χ2n) is 7.67. The average molecular weight is 478 g/mol. The maximum atomic E-state index is 13.6. The van der Waals surface area contributed by atoms with Crippen molar-refractivity contribution >= 4 is 28.6 Å². The molecule has 0 saturated heterocycles. The summed E-state index contributed by atoms with van der Waals surface area (Å²) in [6, 6.07) is 17.2. The van der Waals surface area contributed by atoms with Crippen LogP contribution < -0.4 is 10.2 Å². The first-order valence-electron chi connectivity index (χ1n) is 10.3. The Morgan fingerprint density at radius 2 is 1.41 bits per heavy atom. The van der Waals surface area contributed by atoms with Gasteiger partial charge < -0.3 is 9.84 Å². The number of nitrogens with zero attached hydrogens (tertiary/aromatic N) is 3. The highest BCUT2D eigenvalue weighted by molar-refractivity contribution is 7.80. The van der Waals surface area contributed by atoms with E-state index in [0.717, 1.165) is 5.56 Å². The number of benzene rings is 3. The highest BCUT2D eigenvalue weighted by atomic mass is 32.1. The Morgan fingerprint density at radius 1 is 0.853 bits per heavy atom. The van der Waals surface area contributed by atoms with Crippen LogP contribution in [0.3, 0.4) is 0 Å². The molecule has 3 aromatic carbocycles. The zero-order valence-corrected chi connectivity index (χ0v) is 18.6. The van der Waals surface area contributed by atoms with E-state index in [2.05, 4.69) is 15.5 Å². The Bertz CT molecular complexity index is 1380. The molecule has 1 atom stereocenters. The average Bonchev–Trinajstić information content (AvgIpc) is 3.30. The van der Waals surface area contributed by atoms with Gasteiger partial charge in [0, 0.05) is 16.9 Å². The minimum absolute atomic E-state index is 0.216. The normalized spacial score (nSPS) is 16.1. The minimum atomic E-state index is -0.508. The van der Waals surface area contributed by atoms with Gasteiger partial charge in [-0.05, 0) is 85.4 Å². The minimum Gasteiger partial charge on any atom is -0.351 e. The number of hydrogen-bond acceptors (Lipinski definition) is 4. The van der Waals surface area contributed by atoms with Gasteiger partial charge in [-0.2, -0.15) is 4.98 Å². The van der Waals surface area contributed by atoms with Crippen LogP contribution in [0, 0.1) is 17.5 Å². The fourth-order valence-electron chi connectivity index (χ4n) is 3.88. The summed E-state index contributed by atoms with van der Waals surface area (Å²) >= 11 is 5.63. The predicted molar refractivity (Wildman–Crippen MR) is 126 cm³/mol. The fraction of sp³-hybridized carbons (Fsp3) is 0.0800. The van der Waals surface area contributed by atoms with Crippen LogP contribution in [-0.4, -0.2) is 15.3 Å². The number of rotatable bonds is 4.